The Balaban J connectivity index is 2.16. The number of phenols is 1. The van der Waals surface area contributed by atoms with E-state index in [1.165, 1.54) is 0 Å². The number of aromatic nitrogens is 2. The van der Waals surface area contributed by atoms with Crippen LogP contribution in [-0.2, 0) is 13.5 Å². The van der Waals surface area contributed by atoms with Crippen molar-refractivity contribution in [3.63, 3.8) is 0 Å². The second kappa shape index (κ2) is 6.38. The van der Waals surface area contributed by atoms with Crippen molar-refractivity contribution in [1.82, 2.24) is 14.9 Å². The maximum absolute atomic E-state index is 9.55. The Bertz CT molecular complexity index is 522. The Hall–Kier alpha value is -1.81. The van der Waals surface area contributed by atoms with Crippen molar-refractivity contribution in [2.75, 3.05) is 6.54 Å². The first-order valence-electron chi connectivity index (χ1n) is 6.69. The van der Waals surface area contributed by atoms with E-state index in [1.54, 1.807) is 6.07 Å². The zero-order valence-corrected chi connectivity index (χ0v) is 11.5. The predicted octanol–water partition coefficient (Wildman–Crippen LogP) is 2.41. The predicted molar refractivity (Wildman–Crippen MR) is 76.1 cm³/mol. The normalized spacial score (nSPS) is 12.5. The molecule has 2 aromatic rings. The number of nitrogens with zero attached hydrogens (tertiary/aromatic N) is 2. The van der Waals surface area contributed by atoms with Gasteiger partial charge in [0, 0.05) is 19.4 Å². The summed E-state index contributed by atoms with van der Waals surface area (Å²) < 4.78 is 2.04. The Morgan fingerprint density at radius 2 is 2.26 bits per heavy atom. The minimum Gasteiger partial charge on any atom is -0.508 e. The zero-order chi connectivity index (χ0) is 13.7. The Morgan fingerprint density at radius 1 is 1.42 bits per heavy atom. The molecule has 2 rings (SSSR count). The van der Waals surface area contributed by atoms with E-state index >= 15 is 0 Å². The van der Waals surface area contributed by atoms with Gasteiger partial charge in [0.2, 0.25) is 0 Å². The van der Waals surface area contributed by atoms with E-state index in [4.69, 9.17) is 0 Å². The van der Waals surface area contributed by atoms with Gasteiger partial charge in [-0.3, -0.25) is 0 Å². The molecule has 0 aliphatic heterocycles. The van der Waals surface area contributed by atoms with E-state index in [9.17, 15) is 5.11 Å². The fourth-order valence-electron chi connectivity index (χ4n) is 2.21. The van der Waals surface area contributed by atoms with Crippen LogP contribution in [-0.4, -0.2) is 21.2 Å². The second-order valence-corrected chi connectivity index (χ2v) is 4.78. The molecule has 0 amide bonds. The van der Waals surface area contributed by atoms with Crippen molar-refractivity contribution in [1.29, 1.82) is 0 Å². The third kappa shape index (κ3) is 3.58. The highest BCUT2D eigenvalue weighted by Crippen LogP contribution is 2.19. The number of rotatable bonds is 6. The highest BCUT2D eigenvalue weighted by molar-refractivity contribution is 5.28. The molecule has 0 spiro atoms. The number of hydrogen-bond acceptors (Lipinski definition) is 3. The monoisotopic (exact) mass is 259 g/mol. The molecule has 0 radical (unpaired) electrons. The fourth-order valence-corrected chi connectivity index (χ4v) is 2.21. The molecule has 102 valence electrons. The van der Waals surface area contributed by atoms with Crippen molar-refractivity contribution in [3.05, 3.63) is 48.0 Å². The van der Waals surface area contributed by atoms with Crippen LogP contribution in [0, 0.1) is 0 Å². The average Bonchev–Trinajstić information content (AvgIpc) is 2.81. The first-order valence-corrected chi connectivity index (χ1v) is 6.69. The average molecular weight is 259 g/mol. The molecule has 1 unspecified atom stereocenters. The highest BCUT2D eigenvalue weighted by Gasteiger charge is 2.15. The van der Waals surface area contributed by atoms with Gasteiger partial charge in [0.05, 0.1) is 6.04 Å². The summed E-state index contributed by atoms with van der Waals surface area (Å²) >= 11 is 0. The summed E-state index contributed by atoms with van der Waals surface area (Å²) in [6.07, 6.45) is 5.68. The summed E-state index contributed by atoms with van der Waals surface area (Å²) in [5, 5.41) is 13.1. The van der Waals surface area contributed by atoms with Crippen molar-refractivity contribution in [2.45, 2.75) is 25.8 Å². The van der Waals surface area contributed by atoms with Gasteiger partial charge in [0.25, 0.3) is 0 Å². The van der Waals surface area contributed by atoms with Gasteiger partial charge in [-0.1, -0.05) is 19.1 Å². The summed E-state index contributed by atoms with van der Waals surface area (Å²) in [5.74, 6) is 1.34. The first-order chi connectivity index (χ1) is 9.20. The molecule has 0 aliphatic rings. The molecule has 1 atom stereocenters. The molecule has 2 N–H and O–H groups in total. The molecule has 0 bridgehead atoms. The number of benzene rings is 1. The quantitative estimate of drug-likeness (QED) is 0.837. The zero-order valence-electron chi connectivity index (χ0n) is 11.5. The van der Waals surface area contributed by atoms with E-state index in [1.807, 2.05) is 42.2 Å². The van der Waals surface area contributed by atoms with Gasteiger partial charge in [-0.25, -0.2) is 4.98 Å². The van der Waals surface area contributed by atoms with E-state index in [0.717, 1.165) is 30.8 Å². The third-order valence-corrected chi connectivity index (χ3v) is 3.16. The molecule has 1 heterocycles. The van der Waals surface area contributed by atoms with Crippen molar-refractivity contribution < 1.29 is 5.11 Å². The highest BCUT2D eigenvalue weighted by atomic mass is 16.3. The van der Waals surface area contributed by atoms with Gasteiger partial charge in [0.1, 0.15) is 11.6 Å². The minimum atomic E-state index is 0.168. The largest absolute Gasteiger partial charge is 0.508 e. The fraction of sp³-hybridized carbons (Fsp3) is 0.400. The number of phenolic OH excluding ortho intramolecular Hbond substituents is 1. The standard InChI is InChI=1S/C15H21N3O/c1-3-7-16-14(15-17-8-9-18(15)2)11-12-5-4-6-13(19)10-12/h4-6,8-10,14,16,19H,3,7,11H2,1-2H3. The molecule has 0 saturated carbocycles. The number of hydrogen-bond donors (Lipinski definition) is 2. The number of aromatic hydroxyl groups is 1. The molecule has 19 heavy (non-hydrogen) atoms. The van der Waals surface area contributed by atoms with Crippen LogP contribution in [0.3, 0.4) is 0 Å². The van der Waals surface area contributed by atoms with Crippen LogP contribution in [0.15, 0.2) is 36.7 Å². The second-order valence-electron chi connectivity index (χ2n) is 4.78. The van der Waals surface area contributed by atoms with E-state index in [-0.39, 0.29) is 6.04 Å². The van der Waals surface area contributed by atoms with Gasteiger partial charge >= 0.3 is 0 Å². The molecule has 4 heteroatoms. The van der Waals surface area contributed by atoms with Crippen molar-refractivity contribution in [2.24, 2.45) is 7.05 Å². The molecule has 1 aromatic heterocycles. The summed E-state index contributed by atoms with van der Waals surface area (Å²) in [6, 6.07) is 7.58. The van der Waals surface area contributed by atoms with Crippen LogP contribution in [0.1, 0.15) is 30.8 Å². The topological polar surface area (TPSA) is 50.1 Å². The Labute approximate surface area is 114 Å². The SMILES string of the molecule is CCCNC(Cc1cccc(O)c1)c1nccn1C. The van der Waals surface area contributed by atoms with Gasteiger partial charge in [-0.2, -0.15) is 0 Å². The number of imidazole rings is 1. The molecular formula is C15H21N3O. The summed E-state index contributed by atoms with van der Waals surface area (Å²) in [5.41, 5.74) is 1.11. The third-order valence-electron chi connectivity index (χ3n) is 3.16. The van der Waals surface area contributed by atoms with Gasteiger partial charge in [-0.15, -0.1) is 0 Å². The smallest absolute Gasteiger partial charge is 0.125 e. The Kier molecular flexibility index (Phi) is 4.58. The lowest BCUT2D eigenvalue weighted by Gasteiger charge is -2.18. The van der Waals surface area contributed by atoms with Gasteiger partial charge in [-0.05, 0) is 37.1 Å². The molecule has 0 aliphatic carbocycles. The van der Waals surface area contributed by atoms with Crippen LogP contribution >= 0.6 is 0 Å². The maximum Gasteiger partial charge on any atom is 0.125 e. The van der Waals surface area contributed by atoms with Crippen molar-refractivity contribution in [3.8, 4) is 5.75 Å². The summed E-state index contributed by atoms with van der Waals surface area (Å²) in [6.45, 7) is 3.10. The van der Waals surface area contributed by atoms with E-state index < -0.39 is 0 Å². The first kappa shape index (κ1) is 13.6. The van der Waals surface area contributed by atoms with Gasteiger partial charge < -0.3 is 15.0 Å². The lowest BCUT2D eigenvalue weighted by molar-refractivity contribution is 0.470. The molecule has 1 aromatic carbocycles. The van der Waals surface area contributed by atoms with Gasteiger partial charge in [0.15, 0.2) is 0 Å². The van der Waals surface area contributed by atoms with Crippen LogP contribution in [0.25, 0.3) is 0 Å². The van der Waals surface area contributed by atoms with Crippen LogP contribution < -0.4 is 5.32 Å². The van der Waals surface area contributed by atoms with Crippen LogP contribution in [0.2, 0.25) is 0 Å². The van der Waals surface area contributed by atoms with Crippen molar-refractivity contribution >= 4 is 0 Å². The lowest BCUT2D eigenvalue weighted by Crippen LogP contribution is -2.26. The summed E-state index contributed by atoms with van der Waals surface area (Å²) in [4.78, 5) is 4.43. The number of nitrogens with one attached hydrogen (secondary N) is 1. The van der Waals surface area contributed by atoms with Crippen LogP contribution in [0.5, 0.6) is 5.75 Å². The molecule has 4 nitrogen and oxygen atoms in total. The lowest BCUT2D eigenvalue weighted by atomic mass is 10.0. The molecule has 0 saturated heterocycles. The van der Waals surface area contributed by atoms with E-state index in [0.29, 0.717) is 5.75 Å². The maximum atomic E-state index is 9.55. The van der Waals surface area contributed by atoms with Crippen LogP contribution in [0.4, 0.5) is 0 Å². The Morgan fingerprint density at radius 3 is 2.89 bits per heavy atom. The number of aryl methyl sites for hydroxylation is 1. The summed E-state index contributed by atoms with van der Waals surface area (Å²) in [7, 11) is 2.01. The molecular weight excluding hydrogens is 238 g/mol. The molecule has 0 fully saturated rings. The minimum absolute atomic E-state index is 0.168. The van der Waals surface area contributed by atoms with E-state index in [2.05, 4.69) is 17.2 Å².